The number of hydrogen-bond donors (Lipinski definition) is 15. The number of methoxy groups -OCH3 is 2. The predicted octanol–water partition coefficient (Wildman–Crippen LogP) is -4.92. The lowest BCUT2D eigenvalue weighted by atomic mass is 9.72. The van der Waals surface area contributed by atoms with E-state index in [4.69, 9.17) is 61.6 Å². The van der Waals surface area contributed by atoms with Crippen LogP contribution in [0.5, 0.6) is 0 Å². The lowest BCUT2D eigenvalue weighted by Crippen LogP contribution is -2.64. The van der Waals surface area contributed by atoms with E-state index in [2.05, 4.69) is 0 Å². The molecule has 0 aromatic carbocycles. The largest absolute Gasteiger partial charge is 0.460 e. The molecule has 89 heavy (non-hydrogen) atoms. The van der Waals surface area contributed by atoms with Crippen molar-refractivity contribution in [1.82, 2.24) is 0 Å². The van der Waals surface area contributed by atoms with Gasteiger partial charge in [-0.15, -0.1) is 0 Å². The predicted molar refractivity (Wildman–Crippen MR) is 295 cm³/mol. The second-order valence-corrected chi connectivity index (χ2v) is 25.5. The van der Waals surface area contributed by atoms with E-state index in [1.54, 1.807) is 12.2 Å². The third-order valence-electron chi connectivity index (χ3n) is 19.5. The minimum Gasteiger partial charge on any atom is -0.460 e. The van der Waals surface area contributed by atoms with Gasteiger partial charge < -0.3 is 138 Å². The van der Waals surface area contributed by atoms with Gasteiger partial charge in [0, 0.05) is 38.7 Å². The molecular formula is C59H94O30. The van der Waals surface area contributed by atoms with Crippen LogP contribution >= 0.6 is 0 Å². The van der Waals surface area contributed by atoms with E-state index < -0.39 is 221 Å². The Morgan fingerprint density at radius 1 is 0.461 bits per heavy atom. The number of aliphatic hydroxyl groups is 15. The zero-order valence-corrected chi connectivity index (χ0v) is 50.1. The van der Waals surface area contributed by atoms with Crippen LogP contribution in [-0.2, 0) is 71.2 Å². The number of ether oxygens (including phenoxy) is 13. The van der Waals surface area contributed by atoms with Gasteiger partial charge in [0.05, 0.1) is 74.3 Å². The first-order valence-corrected chi connectivity index (χ1v) is 31.2. The molecule has 5 saturated heterocycles. The van der Waals surface area contributed by atoms with Crippen LogP contribution in [0.1, 0.15) is 90.4 Å². The first-order chi connectivity index (χ1) is 42.5. The van der Waals surface area contributed by atoms with Gasteiger partial charge >= 0.3 is 11.9 Å². The maximum atomic E-state index is 13.2. The molecule has 30 nitrogen and oxygen atoms in total. The second kappa shape index (κ2) is 31.7. The Bertz CT molecular complexity index is 2250. The van der Waals surface area contributed by atoms with E-state index in [1.165, 1.54) is 33.3 Å². The van der Waals surface area contributed by atoms with Crippen molar-refractivity contribution in [3.63, 3.8) is 0 Å². The summed E-state index contributed by atoms with van der Waals surface area (Å²) in [6.07, 6.45) is -28.4. The molecule has 9 rings (SSSR count). The van der Waals surface area contributed by atoms with Crippen LogP contribution < -0.4 is 0 Å². The van der Waals surface area contributed by atoms with Gasteiger partial charge in [-0.05, 0) is 102 Å². The third-order valence-corrected chi connectivity index (χ3v) is 19.5. The van der Waals surface area contributed by atoms with Crippen molar-refractivity contribution < 1.29 is 148 Å². The molecule has 0 radical (unpaired) electrons. The Morgan fingerprint density at radius 3 is 1.54 bits per heavy atom. The van der Waals surface area contributed by atoms with Gasteiger partial charge in [0.15, 0.2) is 31.3 Å². The van der Waals surface area contributed by atoms with E-state index in [9.17, 15) is 86.2 Å². The quantitative estimate of drug-likeness (QED) is 0.0401. The Morgan fingerprint density at radius 2 is 0.966 bits per heavy atom. The Balaban J connectivity index is 0.765. The van der Waals surface area contributed by atoms with E-state index >= 15 is 0 Å². The van der Waals surface area contributed by atoms with E-state index in [0.717, 1.165) is 12.8 Å². The van der Waals surface area contributed by atoms with Crippen LogP contribution in [0, 0.1) is 23.7 Å². The van der Waals surface area contributed by atoms with E-state index in [1.807, 2.05) is 0 Å². The normalized spacial score (nSPS) is 49.3. The van der Waals surface area contributed by atoms with Gasteiger partial charge in [-0.1, -0.05) is 12.2 Å². The van der Waals surface area contributed by atoms with Crippen molar-refractivity contribution in [2.45, 2.75) is 274 Å². The molecule has 4 saturated carbocycles. The Kier molecular flexibility index (Phi) is 25.2. The molecule has 0 aromatic heterocycles. The SMILES string of the molecule is COC1CC(C2OC3CC(O)CC(OC4OC(CO)C(O)C(O)C4O)C3CC2OC2OC(COC3OC(C)C(OC(=O)C=CC4CCC(OC5OC(COC(=O)C=CC6CCC(O)CC6)C(O)C(O)C5O)CC4)C(O)C3O)C(O)C(O)C2O)CC(OC)C1O. The molecule has 28 unspecified atom stereocenters. The highest BCUT2D eigenvalue weighted by Crippen LogP contribution is 2.46. The standard InChI is InChI=1S/C59H94O30/c1-24-54(89-41(64)15-9-26-6-12-30(13-7-26)82-57-50(73)47(70)44(67)38(87-57)22-79-40(63)14-8-25-4-10-28(61)11-5-25)49(72)53(76)56(81-24)80-23-39-45(68)48(71)52(75)59(88-39)85-36-20-31-32(83-55(36)27-16-34(77-2)42(65)35(17-27)78-3)18-29(62)19-33(31)84-58-51(74)46(69)43(66)37(21-60)86-58/h8-9,14-15,24-39,42-62,65-76H,4-7,10-13,16-23H2,1-3H3. The highest BCUT2D eigenvalue weighted by atomic mass is 16.7. The van der Waals surface area contributed by atoms with Gasteiger partial charge in [0.25, 0.3) is 0 Å². The van der Waals surface area contributed by atoms with Crippen molar-refractivity contribution in [1.29, 1.82) is 0 Å². The molecular weight excluding hydrogens is 1190 g/mol. The van der Waals surface area contributed by atoms with Crippen LogP contribution in [0.25, 0.3) is 0 Å². The molecule has 9 fully saturated rings. The molecule has 4 aliphatic carbocycles. The zero-order valence-electron chi connectivity index (χ0n) is 50.1. The van der Waals surface area contributed by atoms with Crippen molar-refractivity contribution in [2.75, 3.05) is 34.0 Å². The number of aliphatic hydroxyl groups excluding tert-OH is 15. The number of fused-ring (bicyclic) bond motifs is 1. The molecule has 0 amide bonds. The number of carbonyl (C=O) groups is 2. The van der Waals surface area contributed by atoms with Crippen LogP contribution in [0.3, 0.4) is 0 Å². The van der Waals surface area contributed by atoms with Crippen LogP contribution in [0.15, 0.2) is 24.3 Å². The molecule has 28 atom stereocenters. The molecule has 0 aromatic rings. The Labute approximate surface area is 514 Å². The molecule has 0 spiro atoms. The summed E-state index contributed by atoms with van der Waals surface area (Å²) in [7, 11) is 2.87. The van der Waals surface area contributed by atoms with Gasteiger partial charge in [-0.3, -0.25) is 0 Å². The lowest BCUT2D eigenvalue weighted by Gasteiger charge is -2.53. The molecule has 9 aliphatic rings. The highest BCUT2D eigenvalue weighted by molar-refractivity contribution is 5.82. The van der Waals surface area contributed by atoms with Crippen molar-refractivity contribution in [3.8, 4) is 0 Å². The molecule has 15 N–H and O–H groups in total. The topological polar surface area (TPSA) is 458 Å². The summed E-state index contributed by atoms with van der Waals surface area (Å²) < 4.78 is 77.0. The fraction of sp³-hybridized carbons (Fsp3) is 0.898. The lowest BCUT2D eigenvalue weighted by molar-refractivity contribution is -0.352. The average molecular weight is 1280 g/mol. The summed E-state index contributed by atoms with van der Waals surface area (Å²) in [6.45, 7) is -0.286. The van der Waals surface area contributed by atoms with Crippen LogP contribution in [0.4, 0.5) is 0 Å². The van der Waals surface area contributed by atoms with Crippen LogP contribution in [-0.4, -0.2) is 306 Å². The van der Waals surface area contributed by atoms with Gasteiger partial charge in [-0.2, -0.15) is 0 Å². The first kappa shape index (κ1) is 70.7. The smallest absolute Gasteiger partial charge is 0.330 e. The van der Waals surface area contributed by atoms with Crippen molar-refractivity contribution in [2.24, 2.45) is 23.7 Å². The van der Waals surface area contributed by atoms with Crippen LogP contribution in [0.2, 0.25) is 0 Å². The van der Waals surface area contributed by atoms with Crippen molar-refractivity contribution in [3.05, 3.63) is 24.3 Å². The summed E-state index contributed by atoms with van der Waals surface area (Å²) in [6, 6.07) is 0. The van der Waals surface area contributed by atoms with Crippen molar-refractivity contribution >= 4 is 11.9 Å². The number of carbonyl (C=O) groups excluding carboxylic acids is 2. The third kappa shape index (κ3) is 16.9. The highest BCUT2D eigenvalue weighted by Gasteiger charge is 2.56. The van der Waals surface area contributed by atoms with Gasteiger partial charge in [-0.25, -0.2) is 9.59 Å². The molecule has 510 valence electrons. The minimum atomic E-state index is -1.90. The number of allylic oxidation sites excluding steroid dienone is 2. The second-order valence-electron chi connectivity index (χ2n) is 25.5. The fourth-order valence-electron chi connectivity index (χ4n) is 14.1. The maximum absolute atomic E-state index is 13.2. The summed E-state index contributed by atoms with van der Waals surface area (Å²) in [4.78, 5) is 25.6. The number of rotatable bonds is 20. The summed E-state index contributed by atoms with van der Waals surface area (Å²) in [5, 5.41) is 162. The maximum Gasteiger partial charge on any atom is 0.330 e. The Hall–Kier alpha value is -2.62. The number of esters is 2. The van der Waals surface area contributed by atoms with Gasteiger partial charge in [0.1, 0.15) is 98.2 Å². The molecule has 5 aliphatic heterocycles. The van der Waals surface area contributed by atoms with E-state index in [0.29, 0.717) is 38.5 Å². The monoisotopic (exact) mass is 1280 g/mol. The summed E-state index contributed by atoms with van der Waals surface area (Å²) in [5.74, 6) is -2.64. The fourth-order valence-corrected chi connectivity index (χ4v) is 14.1. The average Bonchev–Trinajstić information content (AvgIpc) is 1.16. The summed E-state index contributed by atoms with van der Waals surface area (Å²) >= 11 is 0. The minimum absolute atomic E-state index is 0.00674. The zero-order chi connectivity index (χ0) is 64.1. The van der Waals surface area contributed by atoms with Gasteiger partial charge in [0.2, 0.25) is 0 Å². The van der Waals surface area contributed by atoms with E-state index in [-0.39, 0.29) is 50.0 Å². The molecule has 0 bridgehead atoms. The summed E-state index contributed by atoms with van der Waals surface area (Å²) in [5.41, 5.74) is 0. The first-order valence-electron chi connectivity index (χ1n) is 31.2. The molecule has 30 heteroatoms. The molecule has 5 heterocycles. The number of hydrogen-bond acceptors (Lipinski definition) is 30.